The summed E-state index contributed by atoms with van der Waals surface area (Å²) in [5.74, 6) is 2.91. The molecule has 0 aromatic carbocycles. The summed E-state index contributed by atoms with van der Waals surface area (Å²) in [6.07, 6.45) is 6.13. The third-order valence-electron chi connectivity index (χ3n) is 4.27. The number of likely N-dealkylation sites (tertiary alicyclic amines) is 1. The minimum absolute atomic E-state index is 0.599. The Morgan fingerprint density at radius 2 is 2.06 bits per heavy atom. The van der Waals surface area contributed by atoms with Gasteiger partial charge in [0.25, 0.3) is 0 Å². The van der Waals surface area contributed by atoms with E-state index < -0.39 is 0 Å². The molecule has 1 aliphatic rings. The molecule has 0 aromatic rings. The van der Waals surface area contributed by atoms with Gasteiger partial charge >= 0.3 is 0 Å². The van der Waals surface area contributed by atoms with Crippen LogP contribution in [0.4, 0.5) is 0 Å². The van der Waals surface area contributed by atoms with Crippen LogP contribution in [0.5, 0.6) is 0 Å². The van der Waals surface area contributed by atoms with Crippen LogP contribution in [-0.4, -0.2) is 42.1 Å². The second kappa shape index (κ2) is 7.65. The van der Waals surface area contributed by atoms with Crippen molar-refractivity contribution in [3.63, 3.8) is 0 Å². The van der Waals surface area contributed by atoms with E-state index in [-0.39, 0.29) is 0 Å². The Morgan fingerprint density at radius 1 is 1.35 bits per heavy atom. The van der Waals surface area contributed by atoms with Crippen LogP contribution in [0.25, 0.3) is 0 Å². The van der Waals surface area contributed by atoms with Crippen LogP contribution in [0.1, 0.15) is 40.0 Å². The normalized spacial score (nSPS) is 32.6. The highest BCUT2D eigenvalue weighted by atomic mass is 32.2. The molecule has 4 atom stereocenters. The first-order chi connectivity index (χ1) is 8.10. The highest BCUT2D eigenvalue weighted by Crippen LogP contribution is 2.29. The SMILES string of the molecule is CSCCCC(CN)N1CC(C)CC(C)C1C. The zero-order chi connectivity index (χ0) is 12.8. The van der Waals surface area contributed by atoms with E-state index in [4.69, 9.17) is 5.73 Å². The van der Waals surface area contributed by atoms with Gasteiger partial charge in [-0.1, -0.05) is 13.8 Å². The zero-order valence-electron chi connectivity index (χ0n) is 12.0. The van der Waals surface area contributed by atoms with Crippen LogP contribution in [-0.2, 0) is 0 Å². The first kappa shape index (κ1) is 15.3. The molecule has 1 fully saturated rings. The maximum Gasteiger partial charge on any atom is 0.0221 e. The Bertz CT molecular complexity index is 210. The Balaban J connectivity index is 2.53. The van der Waals surface area contributed by atoms with Gasteiger partial charge in [0, 0.05) is 25.2 Å². The number of nitrogens with zero attached hydrogens (tertiary/aromatic N) is 1. The summed E-state index contributed by atoms with van der Waals surface area (Å²) >= 11 is 1.94. The van der Waals surface area contributed by atoms with Gasteiger partial charge in [0.05, 0.1) is 0 Å². The van der Waals surface area contributed by atoms with Crippen LogP contribution >= 0.6 is 11.8 Å². The van der Waals surface area contributed by atoms with Crippen molar-refractivity contribution in [1.82, 2.24) is 4.90 Å². The molecule has 0 bridgehead atoms. The molecule has 3 heteroatoms. The van der Waals surface area contributed by atoms with Crippen molar-refractivity contribution in [2.75, 3.05) is 25.1 Å². The maximum atomic E-state index is 5.99. The summed E-state index contributed by atoms with van der Waals surface area (Å²) < 4.78 is 0. The lowest BCUT2D eigenvalue weighted by Gasteiger charge is -2.45. The molecule has 102 valence electrons. The van der Waals surface area contributed by atoms with E-state index in [1.54, 1.807) is 0 Å². The van der Waals surface area contributed by atoms with Gasteiger partial charge < -0.3 is 5.73 Å². The van der Waals surface area contributed by atoms with Gasteiger partial charge in [0.2, 0.25) is 0 Å². The van der Waals surface area contributed by atoms with E-state index >= 15 is 0 Å². The summed E-state index contributed by atoms with van der Waals surface area (Å²) in [7, 11) is 0. The summed E-state index contributed by atoms with van der Waals surface area (Å²) in [5.41, 5.74) is 5.99. The quantitative estimate of drug-likeness (QED) is 0.743. The molecule has 0 amide bonds. The number of piperidine rings is 1. The average molecular weight is 258 g/mol. The molecule has 0 aromatic heterocycles. The van der Waals surface area contributed by atoms with E-state index in [2.05, 4.69) is 31.9 Å². The van der Waals surface area contributed by atoms with Gasteiger partial charge in [0.1, 0.15) is 0 Å². The monoisotopic (exact) mass is 258 g/mol. The molecule has 1 saturated heterocycles. The van der Waals surface area contributed by atoms with E-state index in [1.807, 2.05) is 11.8 Å². The number of thioether (sulfide) groups is 1. The second-order valence-electron chi connectivity index (χ2n) is 5.78. The third-order valence-corrected chi connectivity index (χ3v) is 4.97. The van der Waals surface area contributed by atoms with E-state index in [0.29, 0.717) is 12.1 Å². The highest BCUT2D eigenvalue weighted by molar-refractivity contribution is 7.98. The predicted octanol–water partition coefficient (Wildman–Crippen LogP) is 2.82. The maximum absolute atomic E-state index is 5.99. The highest BCUT2D eigenvalue weighted by Gasteiger charge is 2.32. The molecule has 0 radical (unpaired) electrons. The Labute approximate surface area is 112 Å². The van der Waals surface area contributed by atoms with Gasteiger partial charge in [-0.05, 0) is 50.0 Å². The molecule has 4 unspecified atom stereocenters. The lowest BCUT2D eigenvalue weighted by atomic mass is 9.84. The average Bonchev–Trinajstić information content (AvgIpc) is 2.30. The van der Waals surface area contributed by atoms with Crippen LogP contribution in [0.15, 0.2) is 0 Å². The van der Waals surface area contributed by atoms with Crippen LogP contribution in [0.3, 0.4) is 0 Å². The second-order valence-corrected chi connectivity index (χ2v) is 6.77. The summed E-state index contributed by atoms with van der Waals surface area (Å²) in [6, 6.07) is 1.30. The van der Waals surface area contributed by atoms with Crippen molar-refractivity contribution in [3.8, 4) is 0 Å². The van der Waals surface area contributed by atoms with Crippen molar-refractivity contribution in [1.29, 1.82) is 0 Å². The Kier molecular flexibility index (Phi) is 6.90. The standard InChI is InChI=1S/C14H30N2S/c1-11-8-12(2)13(3)16(10-11)14(9-15)6-5-7-17-4/h11-14H,5-10,15H2,1-4H3. The molecule has 2 N–H and O–H groups in total. The van der Waals surface area contributed by atoms with Crippen LogP contribution in [0, 0.1) is 11.8 Å². The minimum atomic E-state index is 0.599. The summed E-state index contributed by atoms with van der Waals surface area (Å²) in [6.45, 7) is 9.21. The third kappa shape index (κ3) is 4.46. The van der Waals surface area contributed by atoms with E-state index in [0.717, 1.165) is 18.4 Å². The molecule has 0 saturated carbocycles. The van der Waals surface area contributed by atoms with Gasteiger partial charge in [-0.2, -0.15) is 11.8 Å². The lowest BCUT2D eigenvalue weighted by molar-refractivity contribution is 0.0397. The topological polar surface area (TPSA) is 29.3 Å². The number of hydrogen-bond donors (Lipinski definition) is 1. The van der Waals surface area contributed by atoms with Gasteiger partial charge in [-0.15, -0.1) is 0 Å². The summed E-state index contributed by atoms with van der Waals surface area (Å²) in [4.78, 5) is 2.68. The Morgan fingerprint density at radius 3 is 2.65 bits per heavy atom. The largest absolute Gasteiger partial charge is 0.329 e. The molecule has 0 aliphatic carbocycles. The fourth-order valence-electron chi connectivity index (χ4n) is 3.12. The minimum Gasteiger partial charge on any atom is -0.329 e. The van der Waals surface area contributed by atoms with Crippen LogP contribution in [0.2, 0.25) is 0 Å². The first-order valence-electron chi connectivity index (χ1n) is 7.04. The predicted molar refractivity (Wildman–Crippen MR) is 79.6 cm³/mol. The van der Waals surface area contributed by atoms with Gasteiger partial charge in [-0.25, -0.2) is 0 Å². The van der Waals surface area contributed by atoms with Crippen molar-refractivity contribution < 1.29 is 0 Å². The molecular formula is C14H30N2S. The molecule has 1 rings (SSSR count). The van der Waals surface area contributed by atoms with E-state index in [1.165, 1.54) is 31.6 Å². The number of nitrogens with two attached hydrogens (primary N) is 1. The fourth-order valence-corrected chi connectivity index (χ4v) is 3.58. The smallest absolute Gasteiger partial charge is 0.0221 e. The molecule has 2 nitrogen and oxygen atoms in total. The number of hydrogen-bond acceptors (Lipinski definition) is 3. The molecule has 1 heterocycles. The van der Waals surface area contributed by atoms with Crippen molar-refractivity contribution in [2.45, 2.75) is 52.1 Å². The van der Waals surface area contributed by atoms with Gasteiger partial charge in [0.15, 0.2) is 0 Å². The van der Waals surface area contributed by atoms with Crippen molar-refractivity contribution in [3.05, 3.63) is 0 Å². The molecule has 1 aliphatic heterocycles. The Hall–Kier alpha value is 0.270. The molecule has 17 heavy (non-hydrogen) atoms. The van der Waals surface area contributed by atoms with Crippen molar-refractivity contribution in [2.24, 2.45) is 17.6 Å². The van der Waals surface area contributed by atoms with Crippen molar-refractivity contribution >= 4 is 11.8 Å². The molecular weight excluding hydrogens is 228 g/mol. The van der Waals surface area contributed by atoms with E-state index in [9.17, 15) is 0 Å². The number of rotatable bonds is 6. The summed E-state index contributed by atoms with van der Waals surface area (Å²) in [5, 5.41) is 0. The first-order valence-corrected chi connectivity index (χ1v) is 8.44. The zero-order valence-corrected chi connectivity index (χ0v) is 12.8. The lowest BCUT2D eigenvalue weighted by Crippen LogP contribution is -2.53. The molecule has 0 spiro atoms. The van der Waals surface area contributed by atoms with Crippen LogP contribution < -0.4 is 5.73 Å². The van der Waals surface area contributed by atoms with Gasteiger partial charge in [-0.3, -0.25) is 4.90 Å². The fraction of sp³-hybridized carbons (Fsp3) is 1.00.